The van der Waals surface area contributed by atoms with Crippen LogP contribution in [0.3, 0.4) is 0 Å². The number of aromatic nitrogens is 4. The summed E-state index contributed by atoms with van der Waals surface area (Å²) in [5, 5.41) is 0.491. The second-order valence-electron chi connectivity index (χ2n) is 5.51. The molecule has 1 unspecified atom stereocenters. The monoisotopic (exact) mass is 339 g/mol. The summed E-state index contributed by atoms with van der Waals surface area (Å²) >= 11 is 0. The van der Waals surface area contributed by atoms with E-state index >= 15 is 0 Å². The van der Waals surface area contributed by atoms with Crippen molar-refractivity contribution in [1.29, 1.82) is 0 Å². The number of benzene rings is 1. The third kappa shape index (κ3) is 3.79. The molecular formula is C17H17N5O3. The summed E-state index contributed by atoms with van der Waals surface area (Å²) in [5.74, 6) is 0.248. The molecule has 25 heavy (non-hydrogen) atoms. The maximum atomic E-state index is 12.1. The van der Waals surface area contributed by atoms with Crippen molar-refractivity contribution in [3.05, 3.63) is 58.9 Å². The van der Waals surface area contributed by atoms with Gasteiger partial charge in [0.1, 0.15) is 6.54 Å². The molecule has 0 aliphatic heterocycles. The number of aromatic amines is 1. The number of ether oxygens (including phenoxy) is 1. The minimum absolute atomic E-state index is 0.0217. The highest BCUT2D eigenvalue weighted by molar-refractivity contribution is 5.77. The number of likely N-dealkylation sites (N-methyl/N-ethyl adjacent to an activating group) is 1. The van der Waals surface area contributed by atoms with Crippen molar-refractivity contribution in [3.63, 3.8) is 0 Å². The fourth-order valence-electron chi connectivity index (χ4n) is 2.34. The second kappa shape index (κ2) is 7.08. The van der Waals surface area contributed by atoms with Gasteiger partial charge in [-0.2, -0.15) is 0 Å². The number of carbonyl (C=O) groups is 1. The van der Waals surface area contributed by atoms with Gasteiger partial charge in [0, 0.05) is 19.4 Å². The molecule has 0 aliphatic rings. The highest BCUT2D eigenvalue weighted by Crippen LogP contribution is 2.14. The van der Waals surface area contributed by atoms with Gasteiger partial charge in [0.15, 0.2) is 11.9 Å². The lowest BCUT2D eigenvalue weighted by Gasteiger charge is -2.18. The molecular weight excluding hydrogens is 322 g/mol. The second-order valence-corrected chi connectivity index (χ2v) is 5.51. The number of H-pyrrole nitrogens is 1. The van der Waals surface area contributed by atoms with E-state index in [0.29, 0.717) is 22.7 Å². The van der Waals surface area contributed by atoms with Crippen LogP contribution in [-0.4, -0.2) is 39.5 Å². The number of fused-ring (bicyclic) bond motifs is 1. The molecule has 2 heterocycles. The summed E-state index contributed by atoms with van der Waals surface area (Å²) in [6.45, 7) is 1.64. The Labute approximate surface area is 143 Å². The quantitative estimate of drug-likeness (QED) is 0.702. The zero-order valence-corrected chi connectivity index (χ0v) is 13.8. The van der Waals surface area contributed by atoms with Gasteiger partial charge in [0.05, 0.1) is 10.9 Å². The Hall–Kier alpha value is -3.29. The summed E-state index contributed by atoms with van der Waals surface area (Å²) in [4.78, 5) is 40.9. The maximum absolute atomic E-state index is 12.1. The van der Waals surface area contributed by atoms with Crippen LogP contribution in [-0.2, 0) is 9.53 Å². The van der Waals surface area contributed by atoms with Crippen LogP contribution >= 0.6 is 0 Å². The molecule has 128 valence electrons. The minimum atomic E-state index is -0.685. The van der Waals surface area contributed by atoms with E-state index in [0.717, 1.165) is 0 Å². The molecule has 3 aromatic rings. The van der Waals surface area contributed by atoms with E-state index in [9.17, 15) is 9.59 Å². The predicted octanol–water partition coefficient (Wildman–Crippen LogP) is 1.45. The molecule has 3 rings (SSSR count). The van der Waals surface area contributed by atoms with Crippen LogP contribution in [0.5, 0.6) is 0 Å². The first kappa shape index (κ1) is 16.6. The summed E-state index contributed by atoms with van der Waals surface area (Å²) in [6, 6.07) is 8.69. The molecule has 0 fully saturated rings. The van der Waals surface area contributed by atoms with Gasteiger partial charge in [-0.15, -0.1) is 0 Å². The first-order valence-corrected chi connectivity index (χ1v) is 7.71. The van der Waals surface area contributed by atoms with Crippen molar-refractivity contribution in [2.24, 2.45) is 0 Å². The number of hydrogen-bond acceptors (Lipinski definition) is 7. The molecule has 0 spiro atoms. The van der Waals surface area contributed by atoms with Gasteiger partial charge in [-0.3, -0.25) is 9.59 Å². The van der Waals surface area contributed by atoms with Gasteiger partial charge in [0.25, 0.3) is 5.56 Å². The van der Waals surface area contributed by atoms with Crippen LogP contribution in [0.15, 0.2) is 47.5 Å². The van der Waals surface area contributed by atoms with E-state index in [2.05, 4.69) is 19.9 Å². The Bertz CT molecular complexity index is 942. The maximum Gasteiger partial charge on any atom is 0.326 e. The number of nitrogens with one attached hydrogen (secondary N) is 1. The Morgan fingerprint density at radius 2 is 1.96 bits per heavy atom. The smallest absolute Gasteiger partial charge is 0.326 e. The third-order valence-corrected chi connectivity index (χ3v) is 3.58. The Morgan fingerprint density at radius 3 is 2.72 bits per heavy atom. The first-order valence-electron chi connectivity index (χ1n) is 7.71. The molecule has 0 radical (unpaired) electrons. The van der Waals surface area contributed by atoms with Crippen molar-refractivity contribution < 1.29 is 9.53 Å². The van der Waals surface area contributed by atoms with Crippen molar-refractivity contribution in [2.75, 3.05) is 18.5 Å². The Morgan fingerprint density at radius 1 is 1.24 bits per heavy atom. The highest BCUT2D eigenvalue weighted by Gasteiger charge is 2.17. The van der Waals surface area contributed by atoms with E-state index in [1.165, 1.54) is 0 Å². The molecule has 1 atom stereocenters. The van der Waals surface area contributed by atoms with E-state index in [1.54, 1.807) is 61.6 Å². The van der Waals surface area contributed by atoms with Crippen LogP contribution in [0, 0.1) is 0 Å². The Balaban J connectivity index is 1.70. The van der Waals surface area contributed by atoms with E-state index < -0.39 is 12.1 Å². The summed E-state index contributed by atoms with van der Waals surface area (Å²) in [5.41, 5.74) is 0.289. The number of nitrogens with zero attached hydrogens (tertiary/aromatic N) is 4. The van der Waals surface area contributed by atoms with Crippen LogP contribution < -0.4 is 10.5 Å². The van der Waals surface area contributed by atoms with Crippen LogP contribution in [0.25, 0.3) is 10.9 Å². The van der Waals surface area contributed by atoms with Crippen LogP contribution in [0.1, 0.15) is 18.9 Å². The molecule has 0 aliphatic carbocycles. The summed E-state index contributed by atoms with van der Waals surface area (Å²) in [6.07, 6.45) is 2.50. The number of anilines is 1. The van der Waals surface area contributed by atoms with Gasteiger partial charge < -0.3 is 14.6 Å². The third-order valence-electron chi connectivity index (χ3n) is 3.58. The zero-order valence-electron chi connectivity index (χ0n) is 13.8. The van der Waals surface area contributed by atoms with Crippen molar-refractivity contribution >= 4 is 22.8 Å². The highest BCUT2D eigenvalue weighted by atomic mass is 16.5. The van der Waals surface area contributed by atoms with Crippen molar-refractivity contribution in [1.82, 2.24) is 19.9 Å². The standard InChI is InChI=1S/C17H17N5O3/c1-11(15-20-13-7-4-3-6-12(13)16(24)21-15)25-14(23)10-22(2)17-18-8-5-9-19-17/h3-9,11H,10H2,1-2H3,(H,20,21,24). The Kier molecular flexibility index (Phi) is 4.69. The van der Waals surface area contributed by atoms with Gasteiger partial charge >= 0.3 is 5.97 Å². The van der Waals surface area contributed by atoms with Gasteiger partial charge in [-0.05, 0) is 25.1 Å². The minimum Gasteiger partial charge on any atom is -0.453 e. The van der Waals surface area contributed by atoms with E-state index in [4.69, 9.17) is 4.74 Å². The van der Waals surface area contributed by atoms with Gasteiger partial charge in [0.2, 0.25) is 5.95 Å². The summed E-state index contributed by atoms with van der Waals surface area (Å²) in [7, 11) is 1.69. The fraction of sp³-hybridized carbons (Fsp3) is 0.235. The van der Waals surface area contributed by atoms with E-state index in [1.807, 2.05) is 0 Å². The molecule has 0 bridgehead atoms. The number of rotatable bonds is 5. The van der Waals surface area contributed by atoms with Crippen molar-refractivity contribution in [2.45, 2.75) is 13.0 Å². The molecule has 2 aromatic heterocycles. The topological polar surface area (TPSA) is 101 Å². The molecule has 8 nitrogen and oxygen atoms in total. The molecule has 1 N–H and O–H groups in total. The number of esters is 1. The lowest BCUT2D eigenvalue weighted by Crippen LogP contribution is -2.29. The average Bonchev–Trinajstić information content (AvgIpc) is 2.62. The van der Waals surface area contributed by atoms with Crippen LogP contribution in [0.2, 0.25) is 0 Å². The molecule has 1 aromatic carbocycles. The molecule has 8 heteroatoms. The SMILES string of the molecule is CC(OC(=O)CN(C)c1ncccn1)c1nc2ccccc2c(=O)[nH]1. The normalized spacial score (nSPS) is 11.9. The van der Waals surface area contributed by atoms with Crippen molar-refractivity contribution in [3.8, 4) is 0 Å². The lowest BCUT2D eigenvalue weighted by molar-refractivity contribution is -0.147. The molecule has 0 saturated carbocycles. The van der Waals surface area contributed by atoms with Gasteiger partial charge in [-0.1, -0.05) is 12.1 Å². The number of hydrogen-bond donors (Lipinski definition) is 1. The molecule has 0 saturated heterocycles. The molecule has 0 amide bonds. The van der Waals surface area contributed by atoms with Gasteiger partial charge in [-0.25, -0.2) is 15.0 Å². The largest absolute Gasteiger partial charge is 0.453 e. The zero-order chi connectivity index (χ0) is 17.8. The first-order chi connectivity index (χ1) is 12.0. The van der Waals surface area contributed by atoms with E-state index in [-0.39, 0.29) is 12.1 Å². The number of para-hydroxylation sites is 1. The summed E-state index contributed by atoms with van der Waals surface area (Å²) < 4.78 is 5.36. The fourth-order valence-corrected chi connectivity index (χ4v) is 2.34. The predicted molar refractivity (Wildman–Crippen MR) is 92.2 cm³/mol. The number of carbonyl (C=O) groups excluding carboxylic acids is 1. The van der Waals surface area contributed by atoms with Crippen LogP contribution in [0.4, 0.5) is 5.95 Å². The average molecular weight is 339 g/mol. The lowest BCUT2D eigenvalue weighted by atomic mass is 10.2.